The Labute approximate surface area is 57.2 Å². The van der Waals surface area contributed by atoms with Gasteiger partial charge < -0.3 is 15.1 Å². The fourth-order valence-corrected chi connectivity index (χ4v) is 0. The quantitative estimate of drug-likeness (QED) is 0.316. The predicted octanol–water partition coefficient (Wildman–Crippen LogP) is -3.24. The standard InChI is InChI=1S/Al.BH3O3.Fe.3H/c;2-1(3)4;;;;/h;2-4H;;;;. The van der Waals surface area contributed by atoms with Gasteiger partial charge in [-0.15, -0.1) is 0 Å². The van der Waals surface area contributed by atoms with Gasteiger partial charge in [-0.05, 0) is 0 Å². The molecule has 6 heteroatoms. The first-order valence-electron chi connectivity index (χ1n) is 0.775. The molecule has 0 aromatic carbocycles. The minimum Gasteiger partial charge on any atom is -0.402 e. The molecule has 0 heterocycles. The van der Waals surface area contributed by atoms with E-state index < -0.39 is 7.32 Å². The van der Waals surface area contributed by atoms with E-state index in [0.29, 0.717) is 0 Å². The topological polar surface area (TPSA) is 60.7 Å². The average molecular weight is 148 g/mol. The summed E-state index contributed by atoms with van der Waals surface area (Å²) >= 11 is 0. The fraction of sp³-hybridized carbons (Fsp3) is 0. The van der Waals surface area contributed by atoms with E-state index in [1.807, 2.05) is 0 Å². The Hall–Kier alpha value is 0.997. The summed E-state index contributed by atoms with van der Waals surface area (Å²) in [5.41, 5.74) is 0. The van der Waals surface area contributed by atoms with E-state index in [1.165, 1.54) is 0 Å². The Morgan fingerprint density at radius 3 is 1.00 bits per heavy atom. The van der Waals surface area contributed by atoms with E-state index in [9.17, 15) is 0 Å². The van der Waals surface area contributed by atoms with Crippen LogP contribution in [0.15, 0.2) is 0 Å². The maximum atomic E-state index is 7.17. The third-order valence-corrected chi connectivity index (χ3v) is 0. The minimum absolute atomic E-state index is 0. The van der Waals surface area contributed by atoms with Crippen molar-refractivity contribution in [3.8, 4) is 0 Å². The summed E-state index contributed by atoms with van der Waals surface area (Å²) in [5, 5.41) is 21.5. The van der Waals surface area contributed by atoms with Crippen molar-refractivity contribution in [1.29, 1.82) is 0 Å². The number of rotatable bonds is 0. The molecule has 0 saturated heterocycles. The molecule has 0 rings (SSSR count). The fourth-order valence-electron chi connectivity index (χ4n) is 0. The Balaban J connectivity index is -0.0000000450. The van der Waals surface area contributed by atoms with Gasteiger partial charge in [0, 0.05) is 17.1 Å². The normalized spacial score (nSPS) is 4.50. The Kier molecular flexibility index (Phi) is 24.6. The molecular formula is H6AlBFeO3. The number of hydrogen-bond acceptors (Lipinski definition) is 3. The Morgan fingerprint density at radius 2 is 1.00 bits per heavy atom. The zero-order valence-electron chi connectivity index (χ0n) is 2.27. The second-order valence-electron chi connectivity index (χ2n) is 0.346. The van der Waals surface area contributed by atoms with E-state index in [-0.39, 0.29) is 34.4 Å². The van der Waals surface area contributed by atoms with Crippen molar-refractivity contribution in [2.24, 2.45) is 0 Å². The zero-order valence-corrected chi connectivity index (χ0v) is 3.38. The van der Waals surface area contributed by atoms with Gasteiger partial charge in [0.2, 0.25) is 0 Å². The summed E-state index contributed by atoms with van der Waals surface area (Å²) in [4.78, 5) is 0. The molecule has 0 aliphatic carbocycles. The van der Waals surface area contributed by atoms with Crippen molar-refractivity contribution in [2.45, 2.75) is 0 Å². The molecule has 0 radical (unpaired) electrons. The van der Waals surface area contributed by atoms with E-state index in [2.05, 4.69) is 0 Å². The molecule has 0 unspecified atom stereocenters. The summed E-state index contributed by atoms with van der Waals surface area (Å²) in [6.07, 6.45) is 0. The van der Waals surface area contributed by atoms with Crippen molar-refractivity contribution < 1.29 is 32.1 Å². The molecule has 38 valence electrons. The Morgan fingerprint density at radius 1 is 1.00 bits per heavy atom. The van der Waals surface area contributed by atoms with Crippen LogP contribution in [-0.2, 0) is 17.1 Å². The van der Waals surface area contributed by atoms with E-state index in [1.54, 1.807) is 0 Å². The van der Waals surface area contributed by atoms with Crippen LogP contribution in [0, 0.1) is 0 Å². The Bertz CT molecular complexity index is 15.5. The van der Waals surface area contributed by atoms with Crippen molar-refractivity contribution in [3.05, 3.63) is 0 Å². The summed E-state index contributed by atoms with van der Waals surface area (Å²) in [5.74, 6) is 0. The van der Waals surface area contributed by atoms with Crippen LogP contribution in [0.25, 0.3) is 0 Å². The molecule has 0 aliphatic rings. The third kappa shape index (κ3) is 80.3. The third-order valence-electron chi connectivity index (χ3n) is 0. The average Bonchev–Trinajstić information content (AvgIpc) is 0.811. The largest absolute Gasteiger partial charge is 0.631 e. The van der Waals surface area contributed by atoms with Gasteiger partial charge in [0.1, 0.15) is 0 Å². The number of hydrogen-bond donors (Lipinski definition) is 3. The molecule has 0 atom stereocenters. The summed E-state index contributed by atoms with van der Waals surface area (Å²) in [6.45, 7) is 0. The molecule has 0 spiro atoms. The molecule has 0 aromatic rings. The van der Waals surface area contributed by atoms with Gasteiger partial charge in [-0.25, -0.2) is 0 Å². The van der Waals surface area contributed by atoms with Crippen LogP contribution >= 0.6 is 0 Å². The molecule has 6 heavy (non-hydrogen) atoms. The minimum atomic E-state index is -2.17. The van der Waals surface area contributed by atoms with Crippen molar-refractivity contribution in [3.63, 3.8) is 0 Å². The first-order chi connectivity index (χ1) is 1.73. The van der Waals surface area contributed by atoms with Crippen LogP contribution in [0.1, 0.15) is 0 Å². The first-order valence-corrected chi connectivity index (χ1v) is 0.775. The van der Waals surface area contributed by atoms with E-state index in [0.717, 1.165) is 0 Å². The smallest absolute Gasteiger partial charge is 0.402 e. The second-order valence-corrected chi connectivity index (χ2v) is 0.346. The molecule has 3 N–H and O–H groups in total. The first kappa shape index (κ1) is 15.8. The van der Waals surface area contributed by atoms with Crippen LogP contribution < -0.4 is 0 Å². The van der Waals surface area contributed by atoms with E-state index >= 15 is 0 Å². The van der Waals surface area contributed by atoms with Gasteiger partial charge in [-0.2, -0.15) is 0 Å². The monoisotopic (exact) mass is 148 g/mol. The maximum Gasteiger partial charge on any atom is 0.631 e. The van der Waals surface area contributed by atoms with Crippen molar-refractivity contribution >= 4 is 24.7 Å². The van der Waals surface area contributed by atoms with Crippen molar-refractivity contribution in [1.82, 2.24) is 0 Å². The van der Waals surface area contributed by atoms with E-state index in [4.69, 9.17) is 15.1 Å². The summed E-state index contributed by atoms with van der Waals surface area (Å²) < 4.78 is 0. The van der Waals surface area contributed by atoms with Crippen LogP contribution in [0.3, 0.4) is 0 Å². The molecule has 0 saturated carbocycles. The second kappa shape index (κ2) is 9.37. The molecule has 0 aromatic heterocycles. The van der Waals surface area contributed by atoms with Crippen LogP contribution in [0.2, 0.25) is 0 Å². The van der Waals surface area contributed by atoms with Crippen LogP contribution in [-0.4, -0.2) is 39.8 Å². The van der Waals surface area contributed by atoms with Gasteiger partial charge in [-0.3, -0.25) is 0 Å². The van der Waals surface area contributed by atoms with Crippen molar-refractivity contribution in [2.75, 3.05) is 0 Å². The summed E-state index contributed by atoms with van der Waals surface area (Å²) in [6, 6.07) is 0. The molecule has 0 bridgehead atoms. The molecule has 0 fully saturated rings. The molecule has 0 aliphatic heterocycles. The SMILES string of the molecule is OB(O)O.[AlH3].[Fe]. The summed E-state index contributed by atoms with van der Waals surface area (Å²) in [7, 11) is -2.17. The predicted molar refractivity (Wildman–Crippen MR) is 22.3 cm³/mol. The van der Waals surface area contributed by atoms with Gasteiger partial charge in [0.25, 0.3) is 0 Å². The van der Waals surface area contributed by atoms with Gasteiger partial charge in [0.05, 0.1) is 0 Å². The van der Waals surface area contributed by atoms with Gasteiger partial charge >= 0.3 is 7.32 Å². The zero-order chi connectivity index (χ0) is 3.58. The van der Waals surface area contributed by atoms with Gasteiger partial charge in [-0.1, -0.05) is 0 Å². The van der Waals surface area contributed by atoms with Gasteiger partial charge in [0.15, 0.2) is 17.4 Å². The van der Waals surface area contributed by atoms with Crippen LogP contribution in [0.5, 0.6) is 0 Å². The molecule has 0 amide bonds. The molecule has 3 nitrogen and oxygen atoms in total. The maximum absolute atomic E-state index is 7.17. The molecular weight excluding hydrogens is 142 g/mol. The van der Waals surface area contributed by atoms with Crippen LogP contribution in [0.4, 0.5) is 0 Å².